The summed E-state index contributed by atoms with van der Waals surface area (Å²) >= 11 is 6.00. The van der Waals surface area contributed by atoms with Crippen LogP contribution in [-0.2, 0) is 17.9 Å². The predicted molar refractivity (Wildman–Crippen MR) is 105 cm³/mol. The van der Waals surface area contributed by atoms with Gasteiger partial charge in [-0.3, -0.25) is 14.2 Å². The maximum atomic E-state index is 14.5. The Balaban J connectivity index is 1.88. The minimum absolute atomic E-state index is 0.0218. The van der Waals surface area contributed by atoms with E-state index in [4.69, 9.17) is 16.3 Å². The van der Waals surface area contributed by atoms with Crippen molar-refractivity contribution < 1.29 is 27.1 Å². The molecule has 3 aromatic rings. The molecule has 0 aliphatic heterocycles. The molecule has 0 atom stereocenters. The SMILES string of the molecule is CC(=O)NCc1cc(F)c(-n2ccc(OCc3ccc(F)cc3F)c(Cl)c2=O)c(F)c1. The Morgan fingerprint density at radius 2 is 1.74 bits per heavy atom. The van der Waals surface area contributed by atoms with E-state index in [1.165, 1.54) is 19.1 Å². The van der Waals surface area contributed by atoms with Crippen LogP contribution in [0.2, 0.25) is 5.02 Å². The molecule has 31 heavy (non-hydrogen) atoms. The number of aromatic nitrogens is 1. The number of benzene rings is 2. The van der Waals surface area contributed by atoms with Crippen LogP contribution in [0, 0.1) is 23.3 Å². The maximum absolute atomic E-state index is 14.5. The van der Waals surface area contributed by atoms with E-state index in [9.17, 15) is 27.2 Å². The molecule has 0 radical (unpaired) electrons. The summed E-state index contributed by atoms with van der Waals surface area (Å²) in [5.41, 5.74) is -1.44. The number of halogens is 5. The van der Waals surface area contributed by atoms with Gasteiger partial charge >= 0.3 is 0 Å². The highest BCUT2D eigenvalue weighted by Gasteiger charge is 2.18. The number of rotatable bonds is 6. The van der Waals surface area contributed by atoms with Crippen molar-refractivity contribution in [2.45, 2.75) is 20.1 Å². The molecule has 0 unspecified atom stereocenters. The maximum Gasteiger partial charge on any atom is 0.277 e. The summed E-state index contributed by atoms with van der Waals surface area (Å²) in [6.45, 7) is 0.818. The molecule has 0 spiro atoms. The monoisotopic (exact) mass is 454 g/mol. The van der Waals surface area contributed by atoms with Crippen molar-refractivity contribution >= 4 is 17.5 Å². The molecule has 2 aromatic carbocycles. The number of hydrogen-bond acceptors (Lipinski definition) is 3. The average Bonchev–Trinajstić information content (AvgIpc) is 2.69. The Hall–Kier alpha value is -3.33. The third kappa shape index (κ3) is 5.05. The van der Waals surface area contributed by atoms with Gasteiger partial charge in [0, 0.05) is 31.3 Å². The fraction of sp³-hybridized carbons (Fsp3) is 0.143. The van der Waals surface area contributed by atoms with Crippen molar-refractivity contribution in [2.75, 3.05) is 0 Å². The van der Waals surface area contributed by atoms with E-state index in [1.807, 2.05) is 0 Å². The lowest BCUT2D eigenvalue weighted by molar-refractivity contribution is -0.119. The number of nitrogens with zero attached hydrogens (tertiary/aromatic N) is 1. The molecule has 1 amide bonds. The largest absolute Gasteiger partial charge is 0.487 e. The van der Waals surface area contributed by atoms with Crippen LogP contribution < -0.4 is 15.6 Å². The number of nitrogens with one attached hydrogen (secondary N) is 1. The van der Waals surface area contributed by atoms with Crippen LogP contribution in [0.15, 0.2) is 47.4 Å². The first-order valence-corrected chi connectivity index (χ1v) is 9.25. The van der Waals surface area contributed by atoms with Gasteiger partial charge in [0.05, 0.1) is 0 Å². The molecule has 10 heteroatoms. The van der Waals surface area contributed by atoms with Gasteiger partial charge in [0.15, 0.2) is 11.6 Å². The lowest BCUT2D eigenvalue weighted by atomic mass is 10.1. The van der Waals surface area contributed by atoms with Gasteiger partial charge in [-0.25, -0.2) is 17.6 Å². The average molecular weight is 455 g/mol. The second-order valence-electron chi connectivity index (χ2n) is 6.51. The molecule has 0 saturated heterocycles. The summed E-state index contributed by atoms with van der Waals surface area (Å²) in [4.78, 5) is 23.5. The molecule has 5 nitrogen and oxygen atoms in total. The van der Waals surface area contributed by atoms with Crippen molar-refractivity contribution in [1.29, 1.82) is 0 Å². The fourth-order valence-corrected chi connectivity index (χ4v) is 2.96. The van der Waals surface area contributed by atoms with E-state index in [0.717, 1.165) is 24.4 Å². The third-order valence-corrected chi connectivity index (χ3v) is 4.60. The molecule has 1 heterocycles. The topological polar surface area (TPSA) is 60.3 Å². The Morgan fingerprint density at radius 1 is 1.06 bits per heavy atom. The van der Waals surface area contributed by atoms with Gasteiger partial charge in [-0.05, 0) is 35.9 Å². The summed E-state index contributed by atoms with van der Waals surface area (Å²) in [5, 5.41) is 1.93. The van der Waals surface area contributed by atoms with Crippen LogP contribution >= 0.6 is 11.6 Å². The van der Waals surface area contributed by atoms with E-state index in [2.05, 4.69) is 5.32 Å². The van der Waals surface area contributed by atoms with Gasteiger partial charge in [-0.15, -0.1) is 0 Å². The minimum Gasteiger partial charge on any atom is -0.487 e. The molecular weight excluding hydrogens is 440 g/mol. The van der Waals surface area contributed by atoms with Gasteiger partial charge in [0.25, 0.3) is 5.56 Å². The highest BCUT2D eigenvalue weighted by Crippen LogP contribution is 2.25. The van der Waals surface area contributed by atoms with Gasteiger partial charge in [-0.1, -0.05) is 11.6 Å². The second kappa shape index (κ2) is 9.22. The van der Waals surface area contributed by atoms with Crippen molar-refractivity contribution in [2.24, 2.45) is 0 Å². The van der Waals surface area contributed by atoms with Crippen LogP contribution in [0.25, 0.3) is 5.69 Å². The molecule has 0 saturated carbocycles. The Bertz CT molecular complexity index is 1190. The zero-order valence-electron chi connectivity index (χ0n) is 16.0. The molecular formula is C21H15ClF4N2O3. The van der Waals surface area contributed by atoms with E-state index in [-0.39, 0.29) is 35.9 Å². The summed E-state index contributed by atoms with van der Waals surface area (Å²) in [6.07, 6.45) is 1.06. The van der Waals surface area contributed by atoms with Gasteiger partial charge in [0.2, 0.25) is 5.91 Å². The van der Waals surface area contributed by atoms with Gasteiger partial charge in [-0.2, -0.15) is 0 Å². The smallest absolute Gasteiger partial charge is 0.277 e. The third-order valence-electron chi connectivity index (χ3n) is 4.26. The minimum atomic E-state index is -1.04. The molecule has 162 valence electrons. The molecule has 1 N–H and O–H groups in total. The normalized spacial score (nSPS) is 10.8. The number of carbonyl (C=O) groups is 1. The number of ether oxygens (including phenoxy) is 1. The summed E-state index contributed by atoms with van der Waals surface area (Å²) in [6, 6.07) is 6.05. The zero-order valence-corrected chi connectivity index (χ0v) is 16.8. The van der Waals surface area contributed by atoms with E-state index >= 15 is 0 Å². The van der Waals surface area contributed by atoms with Crippen LogP contribution in [-0.4, -0.2) is 10.5 Å². The zero-order chi connectivity index (χ0) is 22.7. The van der Waals surface area contributed by atoms with E-state index in [1.54, 1.807) is 0 Å². The van der Waals surface area contributed by atoms with Crippen LogP contribution in [0.4, 0.5) is 17.6 Å². The van der Waals surface area contributed by atoms with E-state index < -0.39 is 39.5 Å². The predicted octanol–water partition coefficient (Wildman–Crippen LogP) is 4.26. The second-order valence-corrected chi connectivity index (χ2v) is 6.89. The number of carbonyl (C=O) groups excluding carboxylic acids is 1. The van der Waals surface area contributed by atoms with Crippen LogP contribution in [0.5, 0.6) is 5.75 Å². The highest BCUT2D eigenvalue weighted by molar-refractivity contribution is 6.31. The standard InChI is InChI=1S/C21H15ClF4N2O3/c1-11(29)27-9-12-6-16(25)20(17(26)7-12)28-5-4-18(19(22)21(28)30)31-10-13-2-3-14(23)8-15(13)24/h2-8H,9-10H2,1H3,(H,27,29). The first-order chi connectivity index (χ1) is 14.7. The molecule has 1 aromatic heterocycles. The highest BCUT2D eigenvalue weighted by atomic mass is 35.5. The van der Waals surface area contributed by atoms with Gasteiger partial charge in [0.1, 0.15) is 34.7 Å². The Kier molecular flexibility index (Phi) is 6.65. The number of pyridine rings is 1. The lowest BCUT2D eigenvalue weighted by Crippen LogP contribution is -2.22. The van der Waals surface area contributed by atoms with Crippen LogP contribution in [0.3, 0.4) is 0 Å². The summed E-state index contributed by atoms with van der Waals surface area (Å²) < 4.78 is 61.7. The molecule has 0 aliphatic rings. The number of hydrogen-bond donors (Lipinski definition) is 1. The van der Waals surface area contributed by atoms with Gasteiger partial charge < -0.3 is 10.1 Å². The van der Waals surface area contributed by atoms with Crippen molar-refractivity contribution in [3.05, 3.63) is 92.4 Å². The molecule has 0 fully saturated rings. The van der Waals surface area contributed by atoms with Crippen molar-refractivity contribution in [3.63, 3.8) is 0 Å². The van der Waals surface area contributed by atoms with Crippen molar-refractivity contribution in [1.82, 2.24) is 9.88 Å². The van der Waals surface area contributed by atoms with Crippen molar-refractivity contribution in [3.8, 4) is 11.4 Å². The molecule has 0 bridgehead atoms. The number of amides is 1. The quantitative estimate of drug-likeness (QED) is 0.566. The molecule has 0 aliphatic carbocycles. The summed E-state index contributed by atoms with van der Waals surface area (Å²) in [5.74, 6) is -4.19. The first-order valence-electron chi connectivity index (χ1n) is 8.88. The molecule has 3 rings (SSSR count). The van der Waals surface area contributed by atoms with E-state index in [0.29, 0.717) is 10.6 Å². The first kappa shape index (κ1) is 22.4. The Morgan fingerprint density at radius 3 is 2.35 bits per heavy atom. The lowest BCUT2D eigenvalue weighted by Gasteiger charge is -2.13. The summed E-state index contributed by atoms with van der Waals surface area (Å²) in [7, 11) is 0. The fourth-order valence-electron chi connectivity index (χ4n) is 2.75. The Labute approximate surface area is 178 Å². The van der Waals surface area contributed by atoms with Crippen LogP contribution in [0.1, 0.15) is 18.1 Å².